The Hall–Kier alpha value is 0.213. The van der Waals surface area contributed by atoms with Crippen LogP contribution in [0.25, 0.3) is 0 Å². The predicted octanol–water partition coefficient (Wildman–Crippen LogP) is 0.966. The summed E-state index contributed by atoms with van der Waals surface area (Å²) >= 11 is -4.94. The van der Waals surface area contributed by atoms with E-state index in [1.807, 2.05) is 0 Å². The molecule has 11 heavy (non-hydrogen) atoms. The second-order valence-corrected chi connectivity index (χ2v) is 7.76. The molecule has 0 aliphatic rings. The third-order valence-corrected chi connectivity index (χ3v) is 5.99. The fourth-order valence-electron chi connectivity index (χ4n) is 0.597. The van der Waals surface area contributed by atoms with Gasteiger partial charge in [0, 0.05) is 0 Å². The Kier molecular flexibility index (Phi) is 3.82. The third-order valence-electron chi connectivity index (χ3n) is 1.15. The summed E-state index contributed by atoms with van der Waals surface area (Å²) < 4.78 is 48.9. The zero-order valence-corrected chi connectivity index (χ0v) is 8.46. The van der Waals surface area contributed by atoms with Crippen LogP contribution in [0, 0.1) is 0 Å². The molecule has 3 nitrogen and oxygen atoms in total. The molecule has 0 saturated heterocycles. The van der Waals surface area contributed by atoms with Crippen molar-refractivity contribution in [2.75, 3.05) is 21.3 Å². The zero-order valence-electron chi connectivity index (χ0n) is 6.36. The molecule has 0 bridgehead atoms. The molecule has 0 aromatic carbocycles. The van der Waals surface area contributed by atoms with Crippen LogP contribution in [0.4, 0.5) is 13.2 Å². The molecule has 0 fully saturated rings. The summed E-state index contributed by atoms with van der Waals surface area (Å²) in [6, 6.07) is 0. The average molecular weight is 235 g/mol. The van der Waals surface area contributed by atoms with E-state index in [4.69, 9.17) is 0 Å². The molecule has 0 aromatic heterocycles. The van der Waals surface area contributed by atoms with Crippen molar-refractivity contribution in [1.82, 2.24) is 0 Å². The Morgan fingerprint density at radius 1 is 0.909 bits per heavy atom. The first-order valence-corrected chi connectivity index (χ1v) is 6.27. The van der Waals surface area contributed by atoms with E-state index in [0.717, 1.165) is 21.3 Å². The molecule has 0 aliphatic carbocycles. The maximum absolute atomic E-state index is 12.1. The summed E-state index contributed by atoms with van der Waals surface area (Å²) in [6.45, 7) is 0. The molecule has 0 atom stereocenters. The first-order chi connectivity index (χ1) is 4.93. The van der Waals surface area contributed by atoms with Crippen molar-refractivity contribution in [1.29, 1.82) is 0 Å². The number of rotatable bonds is 3. The molecule has 0 spiro atoms. The van der Waals surface area contributed by atoms with Gasteiger partial charge in [0.05, 0.1) is 0 Å². The normalized spacial score (nSPS) is 13.6. The molecule has 0 aliphatic heterocycles. The van der Waals surface area contributed by atoms with Gasteiger partial charge in [-0.1, -0.05) is 0 Å². The van der Waals surface area contributed by atoms with Crippen molar-refractivity contribution in [3.8, 4) is 0 Å². The standard InChI is InChI=1S/C4H9F3GeO3/c1-9-8(10-2,11-3)4(5,6)7/h1-3H3. The summed E-state index contributed by atoms with van der Waals surface area (Å²) in [4.78, 5) is 0. The molecule has 0 saturated carbocycles. The predicted molar refractivity (Wildman–Crippen MR) is 32.8 cm³/mol. The Labute approximate surface area is 65.8 Å². The maximum atomic E-state index is 12.1. The topological polar surface area (TPSA) is 27.7 Å². The van der Waals surface area contributed by atoms with E-state index in [2.05, 4.69) is 11.3 Å². The van der Waals surface area contributed by atoms with Crippen molar-refractivity contribution in [2.24, 2.45) is 0 Å². The Morgan fingerprint density at radius 2 is 1.18 bits per heavy atom. The van der Waals surface area contributed by atoms with E-state index in [-0.39, 0.29) is 0 Å². The molecule has 0 amide bonds. The van der Waals surface area contributed by atoms with Gasteiger partial charge in [-0.25, -0.2) is 0 Å². The van der Waals surface area contributed by atoms with Gasteiger partial charge in [0.15, 0.2) is 0 Å². The fourth-order valence-corrected chi connectivity index (χ4v) is 3.10. The van der Waals surface area contributed by atoms with Crippen LogP contribution in [-0.2, 0) is 11.3 Å². The van der Waals surface area contributed by atoms with Crippen LogP contribution in [-0.4, -0.2) is 40.6 Å². The molecule has 0 unspecified atom stereocenters. The van der Waals surface area contributed by atoms with Gasteiger partial charge in [0.2, 0.25) is 0 Å². The molecule has 0 N–H and O–H groups in total. The van der Waals surface area contributed by atoms with Crippen molar-refractivity contribution in [3.63, 3.8) is 0 Å². The van der Waals surface area contributed by atoms with Gasteiger partial charge in [0.1, 0.15) is 0 Å². The average Bonchev–Trinajstić information content (AvgIpc) is 1.90. The zero-order chi connectivity index (χ0) is 9.12. The van der Waals surface area contributed by atoms with E-state index in [1.54, 1.807) is 0 Å². The molecule has 68 valence electrons. The second-order valence-electron chi connectivity index (χ2n) is 1.67. The van der Waals surface area contributed by atoms with Gasteiger partial charge in [-0.05, 0) is 0 Å². The van der Waals surface area contributed by atoms with Crippen LogP contribution >= 0.6 is 0 Å². The molecule has 0 heterocycles. The number of hydrogen-bond donors (Lipinski definition) is 0. The Balaban J connectivity index is 4.54. The van der Waals surface area contributed by atoms with Gasteiger partial charge in [-0.2, -0.15) is 0 Å². The van der Waals surface area contributed by atoms with Crippen LogP contribution in [0.2, 0.25) is 0 Å². The number of hydrogen-bond acceptors (Lipinski definition) is 3. The monoisotopic (exact) mass is 236 g/mol. The van der Waals surface area contributed by atoms with Crippen molar-refractivity contribution in [2.45, 2.75) is 5.01 Å². The second kappa shape index (κ2) is 3.75. The van der Waals surface area contributed by atoms with Crippen molar-refractivity contribution >= 4 is 14.3 Å². The minimum atomic E-state index is -4.94. The van der Waals surface area contributed by atoms with Gasteiger partial charge in [-0.3, -0.25) is 0 Å². The van der Waals surface area contributed by atoms with Gasteiger partial charge < -0.3 is 0 Å². The number of alkyl halides is 3. The third kappa shape index (κ3) is 2.08. The quantitative estimate of drug-likeness (QED) is 0.681. The molecule has 0 radical (unpaired) electrons. The van der Waals surface area contributed by atoms with E-state index in [1.165, 1.54) is 0 Å². The Bertz CT molecular complexity index is 114. The van der Waals surface area contributed by atoms with Crippen LogP contribution in [0.5, 0.6) is 0 Å². The van der Waals surface area contributed by atoms with Crippen molar-refractivity contribution < 1.29 is 24.5 Å². The van der Waals surface area contributed by atoms with Crippen LogP contribution < -0.4 is 0 Å². The van der Waals surface area contributed by atoms with Gasteiger partial charge in [0.25, 0.3) is 0 Å². The van der Waals surface area contributed by atoms with E-state index in [9.17, 15) is 13.2 Å². The minimum absolute atomic E-state index is 0.931. The summed E-state index contributed by atoms with van der Waals surface area (Å²) in [5, 5.41) is -4.52. The molecule has 7 heteroatoms. The molecule has 0 rings (SSSR count). The summed E-state index contributed by atoms with van der Waals surface area (Å²) in [5.74, 6) is 0. The van der Waals surface area contributed by atoms with E-state index < -0.39 is 19.3 Å². The molecular weight excluding hydrogens is 226 g/mol. The van der Waals surface area contributed by atoms with E-state index in [0.29, 0.717) is 0 Å². The summed E-state index contributed by atoms with van der Waals surface area (Å²) in [5.41, 5.74) is 0. The van der Waals surface area contributed by atoms with Crippen LogP contribution in [0.15, 0.2) is 0 Å². The fraction of sp³-hybridized carbons (Fsp3) is 1.00. The SMILES string of the molecule is C[O][Ge]([O]C)([O]C)[C](F)(F)F. The molecule has 0 aromatic rings. The molecular formula is C4H9F3GeO3. The summed E-state index contributed by atoms with van der Waals surface area (Å²) in [7, 11) is 2.79. The Morgan fingerprint density at radius 3 is 1.18 bits per heavy atom. The first-order valence-electron chi connectivity index (χ1n) is 2.65. The van der Waals surface area contributed by atoms with Gasteiger partial charge >= 0.3 is 65.1 Å². The van der Waals surface area contributed by atoms with E-state index >= 15 is 0 Å². The number of halogens is 3. The van der Waals surface area contributed by atoms with Crippen LogP contribution in [0.3, 0.4) is 0 Å². The first kappa shape index (κ1) is 11.2. The van der Waals surface area contributed by atoms with Crippen LogP contribution in [0.1, 0.15) is 0 Å². The summed E-state index contributed by atoms with van der Waals surface area (Å²) in [6.07, 6.45) is 0. The van der Waals surface area contributed by atoms with Crippen molar-refractivity contribution in [3.05, 3.63) is 0 Å². The van der Waals surface area contributed by atoms with Gasteiger partial charge in [-0.15, -0.1) is 0 Å².